The maximum Gasteiger partial charge on any atom is 0.0743 e. The number of likely N-dealkylation sites (tertiary alicyclic amines) is 1. The lowest BCUT2D eigenvalue weighted by Gasteiger charge is -2.47. The van der Waals surface area contributed by atoms with E-state index in [1.165, 1.54) is 6.42 Å². The average Bonchev–Trinajstić information content (AvgIpc) is 2.72. The number of hydrogen-bond acceptors (Lipinski definition) is 4. The fourth-order valence-electron chi connectivity index (χ4n) is 3.33. The van der Waals surface area contributed by atoms with E-state index < -0.39 is 0 Å². The Morgan fingerprint density at radius 3 is 2.76 bits per heavy atom. The van der Waals surface area contributed by atoms with Crippen LogP contribution in [0.2, 0.25) is 0 Å². The van der Waals surface area contributed by atoms with Gasteiger partial charge in [-0.15, -0.1) is 0 Å². The first-order valence-electron chi connectivity index (χ1n) is 6.73. The van der Waals surface area contributed by atoms with Gasteiger partial charge in [0.25, 0.3) is 0 Å². The van der Waals surface area contributed by atoms with Crippen LogP contribution < -0.4 is 5.73 Å². The summed E-state index contributed by atoms with van der Waals surface area (Å²) in [7, 11) is 1.81. The summed E-state index contributed by atoms with van der Waals surface area (Å²) in [5.74, 6) is 0.642. The van der Waals surface area contributed by atoms with Crippen LogP contribution in [0.5, 0.6) is 0 Å². The molecule has 2 fully saturated rings. The molecule has 2 heterocycles. The highest BCUT2D eigenvalue weighted by atomic mass is 16.5. The van der Waals surface area contributed by atoms with Crippen molar-refractivity contribution in [3.8, 4) is 0 Å². The number of nitrogens with two attached hydrogens (primary N) is 1. The Labute approximate surface area is 104 Å². The molecule has 2 rings (SSSR count). The molecule has 0 aromatic rings. The van der Waals surface area contributed by atoms with E-state index in [1.807, 2.05) is 7.11 Å². The van der Waals surface area contributed by atoms with Gasteiger partial charge in [-0.25, -0.2) is 0 Å². The Morgan fingerprint density at radius 2 is 2.24 bits per heavy atom. The van der Waals surface area contributed by atoms with Crippen molar-refractivity contribution in [2.24, 2.45) is 11.7 Å². The molecule has 4 unspecified atom stereocenters. The van der Waals surface area contributed by atoms with Gasteiger partial charge in [0.2, 0.25) is 0 Å². The predicted molar refractivity (Wildman–Crippen MR) is 68.0 cm³/mol. The van der Waals surface area contributed by atoms with Gasteiger partial charge in [0, 0.05) is 26.8 Å². The van der Waals surface area contributed by atoms with Crippen molar-refractivity contribution in [3.05, 3.63) is 0 Å². The van der Waals surface area contributed by atoms with Gasteiger partial charge in [0.05, 0.1) is 17.7 Å². The Morgan fingerprint density at radius 1 is 1.47 bits per heavy atom. The van der Waals surface area contributed by atoms with Crippen LogP contribution in [0.1, 0.15) is 26.7 Å². The van der Waals surface area contributed by atoms with Gasteiger partial charge in [-0.2, -0.15) is 0 Å². The molecule has 4 atom stereocenters. The summed E-state index contributed by atoms with van der Waals surface area (Å²) in [5, 5.41) is 0. The highest BCUT2D eigenvalue weighted by Gasteiger charge is 2.47. The highest BCUT2D eigenvalue weighted by molar-refractivity contribution is 5.02. The van der Waals surface area contributed by atoms with Gasteiger partial charge in [-0.05, 0) is 32.2 Å². The molecule has 100 valence electrons. The number of methoxy groups -OCH3 is 1. The molecule has 2 saturated heterocycles. The van der Waals surface area contributed by atoms with Gasteiger partial charge in [-0.1, -0.05) is 6.92 Å². The molecule has 0 bridgehead atoms. The minimum absolute atomic E-state index is 0.0386. The molecule has 2 aliphatic heterocycles. The van der Waals surface area contributed by atoms with Gasteiger partial charge in [-0.3, -0.25) is 4.90 Å². The van der Waals surface area contributed by atoms with Gasteiger partial charge in [0.1, 0.15) is 0 Å². The molecule has 0 amide bonds. The minimum Gasteiger partial charge on any atom is -0.380 e. The van der Waals surface area contributed by atoms with Crippen LogP contribution in [0, 0.1) is 5.92 Å². The van der Waals surface area contributed by atoms with Crippen LogP contribution in [0.3, 0.4) is 0 Å². The zero-order valence-corrected chi connectivity index (χ0v) is 11.3. The molecule has 0 aromatic carbocycles. The van der Waals surface area contributed by atoms with E-state index in [1.54, 1.807) is 0 Å². The second-order valence-corrected chi connectivity index (χ2v) is 5.56. The van der Waals surface area contributed by atoms with E-state index in [9.17, 15) is 0 Å². The highest BCUT2D eigenvalue weighted by Crippen LogP contribution is 2.35. The molecule has 17 heavy (non-hydrogen) atoms. The summed E-state index contributed by atoms with van der Waals surface area (Å²) in [6, 6.07) is 0. The maximum absolute atomic E-state index is 6.05. The van der Waals surface area contributed by atoms with Gasteiger partial charge >= 0.3 is 0 Å². The van der Waals surface area contributed by atoms with Gasteiger partial charge in [0.15, 0.2) is 0 Å². The zero-order valence-electron chi connectivity index (χ0n) is 11.3. The topological polar surface area (TPSA) is 47.7 Å². The quantitative estimate of drug-likeness (QED) is 0.797. The van der Waals surface area contributed by atoms with E-state index in [0.29, 0.717) is 18.6 Å². The fourth-order valence-corrected chi connectivity index (χ4v) is 3.33. The average molecular weight is 242 g/mol. The smallest absolute Gasteiger partial charge is 0.0743 e. The molecule has 0 spiro atoms. The van der Waals surface area contributed by atoms with E-state index in [-0.39, 0.29) is 11.6 Å². The van der Waals surface area contributed by atoms with Crippen molar-refractivity contribution in [1.82, 2.24) is 4.90 Å². The standard InChI is InChI=1S/C13H26N2O2/c1-10-4-6-15(8-12(10)16-3)13(9-14)5-7-17-11(13)2/h10-12H,4-9,14H2,1-3H3. The second kappa shape index (κ2) is 5.22. The predicted octanol–water partition coefficient (Wildman–Crippen LogP) is 0.849. The molecule has 2 N–H and O–H groups in total. The number of nitrogens with zero attached hydrogens (tertiary/aromatic N) is 1. The van der Waals surface area contributed by atoms with Crippen molar-refractivity contribution in [2.45, 2.75) is 44.4 Å². The van der Waals surface area contributed by atoms with E-state index in [0.717, 1.165) is 26.1 Å². The zero-order chi connectivity index (χ0) is 12.5. The Kier molecular flexibility index (Phi) is 4.08. The van der Waals surface area contributed by atoms with Crippen LogP contribution in [0.4, 0.5) is 0 Å². The van der Waals surface area contributed by atoms with E-state index in [2.05, 4.69) is 18.7 Å². The first-order chi connectivity index (χ1) is 8.14. The lowest BCUT2D eigenvalue weighted by molar-refractivity contribution is -0.0627. The van der Waals surface area contributed by atoms with E-state index >= 15 is 0 Å². The summed E-state index contributed by atoms with van der Waals surface area (Å²) >= 11 is 0. The molecule has 0 aromatic heterocycles. The summed E-state index contributed by atoms with van der Waals surface area (Å²) < 4.78 is 11.3. The van der Waals surface area contributed by atoms with Crippen molar-refractivity contribution in [1.29, 1.82) is 0 Å². The molecule has 2 aliphatic rings. The number of ether oxygens (including phenoxy) is 2. The summed E-state index contributed by atoms with van der Waals surface area (Å²) in [4.78, 5) is 2.51. The van der Waals surface area contributed by atoms with Crippen LogP contribution in [0.25, 0.3) is 0 Å². The normalized spacial score (nSPS) is 44.1. The first-order valence-corrected chi connectivity index (χ1v) is 6.73. The largest absolute Gasteiger partial charge is 0.380 e. The van der Waals surface area contributed by atoms with Crippen molar-refractivity contribution >= 4 is 0 Å². The summed E-state index contributed by atoms with van der Waals surface area (Å²) in [6.07, 6.45) is 2.81. The lowest BCUT2D eigenvalue weighted by Crippen LogP contribution is -2.62. The number of rotatable bonds is 3. The molecule has 4 nitrogen and oxygen atoms in total. The maximum atomic E-state index is 6.05. The summed E-state index contributed by atoms with van der Waals surface area (Å²) in [6.45, 7) is 8.05. The van der Waals surface area contributed by atoms with Gasteiger partial charge < -0.3 is 15.2 Å². The van der Waals surface area contributed by atoms with Crippen LogP contribution >= 0.6 is 0 Å². The van der Waals surface area contributed by atoms with Crippen LogP contribution in [-0.4, -0.2) is 56.0 Å². The molecule has 0 radical (unpaired) electrons. The SMILES string of the molecule is COC1CN(C2(CN)CCOC2C)CCC1C. The van der Waals surface area contributed by atoms with Crippen molar-refractivity contribution < 1.29 is 9.47 Å². The Balaban J connectivity index is 2.10. The third kappa shape index (κ3) is 2.24. The summed E-state index contributed by atoms with van der Waals surface area (Å²) in [5.41, 5.74) is 6.09. The molecular weight excluding hydrogens is 216 g/mol. The molecule has 0 saturated carbocycles. The van der Waals surface area contributed by atoms with Crippen LogP contribution in [0.15, 0.2) is 0 Å². The minimum atomic E-state index is 0.0386. The Bertz CT molecular complexity index is 262. The molecule has 4 heteroatoms. The van der Waals surface area contributed by atoms with Crippen molar-refractivity contribution in [2.75, 3.05) is 33.4 Å². The third-order valence-corrected chi connectivity index (χ3v) is 4.83. The molecule has 0 aliphatic carbocycles. The molecular formula is C13H26N2O2. The number of piperidine rings is 1. The van der Waals surface area contributed by atoms with Crippen molar-refractivity contribution in [3.63, 3.8) is 0 Å². The lowest BCUT2D eigenvalue weighted by atomic mass is 9.85. The monoisotopic (exact) mass is 242 g/mol. The third-order valence-electron chi connectivity index (χ3n) is 4.83. The fraction of sp³-hybridized carbons (Fsp3) is 1.00. The Hall–Kier alpha value is -0.160. The first kappa shape index (κ1) is 13.3. The van der Waals surface area contributed by atoms with Crippen LogP contribution in [-0.2, 0) is 9.47 Å². The van der Waals surface area contributed by atoms with E-state index in [4.69, 9.17) is 15.2 Å². The second-order valence-electron chi connectivity index (χ2n) is 5.56. The number of hydrogen-bond donors (Lipinski definition) is 1.